The lowest BCUT2D eigenvalue weighted by atomic mass is 9.85. The predicted octanol–water partition coefficient (Wildman–Crippen LogP) is 2.50. The molecule has 0 saturated heterocycles. The molecule has 0 saturated carbocycles. The average Bonchev–Trinajstić information content (AvgIpc) is 2.39. The van der Waals surface area contributed by atoms with Crippen LogP contribution in [-0.4, -0.2) is 22.5 Å². The Balaban J connectivity index is 2.85. The third kappa shape index (κ3) is 4.04. The van der Waals surface area contributed by atoms with Gasteiger partial charge in [-0.1, -0.05) is 25.5 Å². The number of rotatable bonds is 6. The molecule has 1 aromatic carbocycles. The summed E-state index contributed by atoms with van der Waals surface area (Å²) in [5.41, 5.74) is 5.38. The molecule has 116 valence electrons. The fourth-order valence-corrected chi connectivity index (χ4v) is 2.00. The minimum Gasteiger partial charge on any atom is -0.481 e. The van der Waals surface area contributed by atoms with E-state index in [1.807, 2.05) is 6.92 Å². The molecule has 21 heavy (non-hydrogen) atoms. The van der Waals surface area contributed by atoms with E-state index in [9.17, 15) is 14.7 Å². The SMILES string of the molecule is CCCC(C)(N)C(=O)Nc1ccc(C(C)(C)C(=O)O)cc1. The van der Waals surface area contributed by atoms with Crippen molar-refractivity contribution in [2.45, 2.75) is 51.5 Å². The zero-order chi connectivity index (χ0) is 16.3. The molecule has 1 unspecified atom stereocenters. The maximum Gasteiger partial charge on any atom is 0.313 e. The summed E-state index contributed by atoms with van der Waals surface area (Å²) in [5, 5.41) is 12.0. The molecule has 0 aliphatic carbocycles. The third-order valence-electron chi connectivity index (χ3n) is 3.69. The Hall–Kier alpha value is -1.88. The Morgan fingerprint density at radius 2 is 1.71 bits per heavy atom. The van der Waals surface area contributed by atoms with Crippen molar-refractivity contribution in [3.8, 4) is 0 Å². The minimum atomic E-state index is -0.965. The summed E-state index contributed by atoms with van der Waals surface area (Å²) in [6.07, 6.45) is 1.43. The standard InChI is InChI=1S/C16H24N2O3/c1-5-10-16(4,17)13(19)18-12-8-6-11(7-9-12)15(2,3)14(20)21/h6-9H,5,10,17H2,1-4H3,(H,18,19)(H,20,21). The van der Waals surface area contributed by atoms with E-state index in [4.69, 9.17) is 5.73 Å². The van der Waals surface area contributed by atoms with Gasteiger partial charge < -0.3 is 16.2 Å². The molecule has 5 heteroatoms. The summed E-state index contributed by atoms with van der Waals surface area (Å²) < 4.78 is 0. The van der Waals surface area contributed by atoms with Crippen LogP contribution in [0.4, 0.5) is 5.69 Å². The molecule has 1 amide bonds. The Kier molecular flexibility index (Phi) is 5.12. The maximum absolute atomic E-state index is 12.1. The average molecular weight is 292 g/mol. The van der Waals surface area contributed by atoms with Crippen molar-refractivity contribution < 1.29 is 14.7 Å². The number of hydrogen-bond acceptors (Lipinski definition) is 3. The van der Waals surface area contributed by atoms with Gasteiger partial charge in [-0.05, 0) is 44.9 Å². The highest BCUT2D eigenvalue weighted by Gasteiger charge is 2.30. The number of carbonyl (C=O) groups excluding carboxylic acids is 1. The second kappa shape index (κ2) is 6.26. The number of aliphatic carboxylic acids is 1. The first-order valence-electron chi connectivity index (χ1n) is 7.05. The van der Waals surface area contributed by atoms with Gasteiger partial charge in [0, 0.05) is 5.69 Å². The monoisotopic (exact) mass is 292 g/mol. The molecule has 0 bridgehead atoms. The number of amides is 1. The molecule has 0 aromatic heterocycles. The zero-order valence-electron chi connectivity index (χ0n) is 13.1. The molecule has 0 radical (unpaired) electrons. The van der Waals surface area contributed by atoms with Gasteiger partial charge >= 0.3 is 5.97 Å². The Labute approximate surface area is 125 Å². The number of hydrogen-bond donors (Lipinski definition) is 3. The first-order chi connectivity index (χ1) is 9.61. The number of nitrogens with two attached hydrogens (primary N) is 1. The summed E-state index contributed by atoms with van der Waals surface area (Å²) in [6.45, 7) is 6.96. The topological polar surface area (TPSA) is 92.4 Å². The summed E-state index contributed by atoms with van der Waals surface area (Å²) >= 11 is 0. The normalized spacial score (nSPS) is 14.3. The van der Waals surface area contributed by atoms with Crippen molar-refractivity contribution >= 4 is 17.6 Å². The highest BCUT2D eigenvalue weighted by Crippen LogP contribution is 2.25. The van der Waals surface area contributed by atoms with Crippen LogP contribution in [0, 0.1) is 0 Å². The van der Waals surface area contributed by atoms with Gasteiger partial charge in [-0.3, -0.25) is 9.59 Å². The van der Waals surface area contributed by atoms with Crippen molar-refractivity contribution in [3.05, 3.63) is 29.8 Å². The van der Waals surface area contributed by atoms with Crippen molar-refractivity contribution in [2.24, 2.45) is 5.73 Å². The second-order valence-electron chi connectivity index (χ2n) is 6.13. The van der Waals surface area contributed by atoms with Crippen LogP contribution in [0.25, 0.3) is 0 Å². The smallest absolute Gasteiger partial charge is 0.313 e. The summed E-state index contributed by atoms with van der Waals surface area (Å²) in [5.74, 6) is -1.13. The lowest BCUT2D eigenvalue weighted by Gasteiger charge is -2.23. The van der Waals surface area contributed by atoms with Crippen LogP contribution in [0.5, 0.6) is 0 Å². The van der Waals surface area contributed by atoms with Crippen molar-refractivity contribution in [3.63, 3.8) is 0 Å². The number of benzene rings is 1. The number of carbonyl (C=O) groups is 2. The number of carboxylic acid groups (broad SMARTS) is 1. The molecule has 0 spiro atoms. The molecule has 0 fully saturated rings. The first kappa shape index (κ1) is 17.2. The molecule has 1 aromatic rings. The molecule has 1 atom stereocenters. The van der Waals surface area contributed by atoms with Gasteiger partial charge in [-0.2, -0.15) is 0 Å². The van der Waals surface area contributed by atoms with E-state index in [-0.39, 0.29) is 5.91 Å². The van der Waals surface area contributed by atoms with Gasteiger partial charge in [0.1, 0.15) is 0 Å². The fourth-order valence-electron chi connectivity index (χ4n) is 2.00. The Bertz CT molecular complexity index is 519. The van der Waals surface area contributed by atoms with Gasteiger partial charge in [0.2, 0.25) is 5.91 Å². The molecular weight excluding hydrogens is 268 g/mol. The van der Waals surface area contributed by atoms with Crippen LogP contribution in [0.15, 0.2) is 24.3 Å². The second-order valence-corrected chi connectivity index (χ2v) is 6.13. The van der Waals surface area contributed by atoms with Crippen molar-refractivity contribution in [1.29, 1.82) is 0 Å². The van der Waals surface area contributed by atoms with E-state index < -0.39 is 16.9 Å². The van der Waals surface area contributed by atoms with E-state index in [2.05, 4.69) is 5.32 Å². The predicted molar refractivity (Wildman–Crippen MR) is 83.2 cm³/mol. The third-order valence-corrected chi connectivity index (χ3v) is 3.69. The van der Waals surface area contributed by atoms with Crippen LogP contribution in [0.1, 0.15) is 46.1 Å². The van der Waals surface area contributed by atoms with E-state index in [1.54, 1.807) is 45.0 Å². The molecular formula is C16H24N2O3. The highest BCUT2D eigenvalue weighted by molar-refractivity contribution is 5.97. The van der Waals surface area contributed by atoms with Gasteiger partial charge in [-0.15, -0.1) is 0 Å². The van der Waals surface area contributed by atoms with Gasteiger partial charge in [0.05, 0.1) is 11.0 Å². The van der Waals surface area contributed by atoms with Gasteiger partial charge in [-0.25, -0.2) is 0 Å². The minimum absolute atomic E-state index is 0.241. The summed E-state index contributed by atoms with van der Waals surface area (Å²) in [6, 6.07) is 6.80. The van der Waals surface area contributed by atoms with Gasteiger partial charge in [0.15, 0.2) is 0 Å². The molecule has 5 nitrogen and oxygen atoms in total. The molecule has 4 N–H and O–H groups in total. The van der Waals surface area contributed by atoms with Crippen LogP contribution in [0.3, 0.4) is 0 Å². The molecule has 0 aliphatic heterocycles. The number of carboxylic acids is 1. The van der Waals surface area contributed by atoms with E-state index in [0.717, 1.165) is 6.42 Å². The van der Waals surface area contributed by atoms with Crippen LogP contribution in [-0.2, 0) is 15.0 Å². The summed E-state index contributed by atoms with van der Waals surface area (Å²) in [7, 11) is 0. The van der Waals surface area contributed by atoms with Crippen molar-refractivity contribution in [2.75, 3.05) is 5.32 Å². The lowest BCUT2D eigenvalue weighted by Crippen LogP contribution is -2.48. The van der Waals surface area contributed by atoms with E-state index >= 15 is 0 Å². The van der Waals surface area contributed by atoms with Gasteiger partial charge in [0.25, 0.3) is 0 Å². The molecule has 1 rings (SSSR count). The highest BCUT2D eigenvalue weighted by atomic mass is 16.4. The molecule has 0 heterocycles. The van der Waals surface area contributed by atoms with E-state index in [1.165, 1.54) is 0 Å². The maximum atomic E-state index is 12.1. The largest absolute Gasteiger partial charge is 0.481 e. The quantitative estimate of drug-likeness (QED) is 0.751. The van der Waals surface area contributed by atoms with Crippen LogP contribution >= 0.6 is 0 Å². The zero-order valence-corrected chi connectivity index (χ0v) is 13.1. The fraction of sp³-hybridized carbons (Fsp3) is 0.500. The van der Waals surface area contributed by atoms with Crippen LogP contribution in [0.2, 0.25) is 0 Å². The molecule has 0 aliphatic rings. The number of nitrogens with one attached hydrogen (secondary N) is 1. The van der Waals surface area contributed by atoms with Crippen LogP contribution < -0.4 is 11.1 Å². The van der Waals surface area contributed by atoms with E-state index in [0.29, 0.717) is 17.7 Å². The van der Waals surface area contributed by atoms with Crippen molar-refractivity contribution in [1.82, 2.24) is 0 Å². The summed E-state index contributed by atoms with van der Waals surface area (Å²) in [4.78, 5) is 23.3. The Morgan fingerprint density at radius 3 is 2.14 bits per heavy atom. The lowest BCUT2D eigenvalue weighted by molar-refractivity contribution is -0.142. The Morgan fingerprint density at radius 1 is 1.19 bits per heavy atom. The number of anilines is 1. The first-order valence-corrected chi connectivity index (χ1v) is 7.05.